The summed E-state index contributed by atoms with van der Waals surface area (Å²) in [5, 5.41) is 3.08. The number of piperidine rings is 1. The maximum absolute atomic E-state index is 12.8. The van der Waals surface area contributed by atoms with Gasteiger partial charge in [0, 0.05) is 12.2 Å². The van der Waals surface area contributed by atoms with E-state index in [0.717, 1.165) is 25.2 Å². The summed E-state index contributed by atoms with van der Waals surface area (Å²) in [4.78, 5) is 23.6. The predicted molar refractivity (Wildman–Crippen MR) is 112 cm³/mol. The molecule has 3 N–H and O–H groups in total. The molecule has 1 saturated heterocycles. The smallest absolute Gasteiger partial charge is 0.270 e. The zero-order valence-corrected chi connectivity index (χ0v) is 16.9. The molecule has 1 unspecified atom stereocenters. The molecule has 0 bridgehead atoms. The summed E-state index contributed by atoms with van der Waals surface area (Å²) in [6, 6.07) is 12.3. The Hall–Kier alpha value is -2.47. The first-order valence-corrected chi connectivity index (χ1v) is 10.2. The second kappa shape index (κ2) is 9.64. The van der Waals surface area contributed by atoms with Gasteiger partial charge in [-0.15, -0.1) is 0 Å². The topological polar surface area (TPSA) is 84.1 Å². The van der Waals surface area contributed by atoms with Crippen molar-refractivity contribution in [2.45, 2.75) is 45.6 Å². The Bertz CT molecular complexity index is 772. The van der Waals surface area contributed by atoms with Crippen molar-refractivity contribution >= 4 is 11.9 Å². The molecule has 1 aromatic heterocycles. The van der Waals surface area contributed by atoms with E-state index >= 15 is 0 Å². The molecule has 1 fully saturated rings. The molecule has 3 rings (SSSR count). The van der Waals surface area contributed by atoms with E-state index in [1.165, 1.54) is 24.8 Å². The fourth-order valence-corrected chi connectivity index (χ4v) is 3.80. The monoisotopic (exact) mass is 381 g/mol. The van der Waals surface area contributed by atoms with Crippen LogP contribution in [0.25, 0.3) is 0 Å². The Morgan fingerprint density at radius 3 is 2.54 bits per heavy atom. The largest absolute Gasteiger partial charge is 0.368 e. The minimum absolute atomic E-state index is 0.152. The standard InChI is InChI=1S/C22H31N5O/c1-16(2)13-18-14-19(26-22(23)25-18)21(28)24-15-20(17-9-5-3-6-10-17)27-11-7-4-8-12-27/h3,5-6,9-10,14,16,20H,4,7-8,11-13,15H2,1-2H3,(H,24,28)(H2,23,25,26). The molecule has 0 spiro atoms. The number of nitrogens with two attached hydrogens (primary N) is 1. The molecule has 1 aliphatic heterocycles. The lowest BCUT2D eigenvalue weighted by Gasteiger charge is -2.35. The molecule has 0 radical (unpaired) electrons. The van der Waals surface area contributed by atoms with Gasteiger partial charge < -0.3 is 11.1 Å². The molecule has 150 valence electrons. The quantitative estimate of drug-likeness (QED) is 0.769. The highest BCUT2D eigenvalue weighted by Crippen LogP contribution is 2.24. The molecule has 6 nitrogen and oxygen atoms in total. The van der Waals surface area contributed by atoms with Crippen LogP contribution >= 0.6 is 0 Å². The highest BCUT2D eigenvalue weighted by Gasteiger charge is 2.23. The van der Waals surface area contributed by atoms with E-state index in [4.69, 9.17) is 5.73 Å². The molecule has 0 saturated carbocycles. The fraction of sp³-hybridized carbons (Fsp3) is 0.500. The Morgan fingerprint density at radius 1 is 1.14 bits per heavy atom. The molecule has 0 aliphatic carbocycles. The second-order valence-electron chi connectivity index (χ2n) is 7.93. The molecule has 1 aliphatic rings. The zero-order chi connectivity index (χ0) is 19.9. The van der Waals surface area contributed by atoms with Gasteiger partial charge in [-0.05, 0) is 49.9 Å². The first kappa shape index (κ1) is 20.3. The third-order valence-electron chi connectivity index (χ3n) is 5.12. The van der Waals surface area contributed by atoms with Crippen LogP contribution in [0, 0.1) is 5.92 Å². The number of carbonyl (C=O) groups excluding carboxylic acids is 1. The van der Waals surface area contributed by atoms with Crippen LogP contribution in [0.15, 0.2) is 36.4 Å². The molecule has 6 heteroatoms. The molecule has 1 aromatic carbocycles. The zero-order valence-electron chi connectivity index (χ0n) is 16.9. The molecule has 2 aromatic rings. The highest BCUT2D eigenvalue weighted by atomic mass is 16.1. The maximum atomic E-state index is 12.8. The highest BCUT2D eigenvalue weighted by molar-refractivity contribution is 5.92. The number of anilines is 1. The molecule has 28 heavy (non-hydrogen) atoms. The van der Waals surface area contributed by atoms with E-state index in [0.29, 0.717) is 18.2 Å². The van der Waals surface area contributed by atoms with Gasteiger partial charge in [0.05, 0.1) is 6.04 Å². The van der Waals surface area contributed by atoms with Gasteiger partial charge in [-0.25, -0.2) is 9.97 Å². The van der Waals surface area contributed by atoms with Crippen LogP contribution in [-0.2, 0) is 6.42 Å². The first-order chi connectivity index (χ1) is 13.5. The summed E-state index contributed by atoms with van der Waals surface area (Å²) < 4.78 is 0. The lowest BCUT2D eigenvalue weighted by Crippen LogP contribution is -2.40. The lowest BCUT2D eigenvalue weighted by molar-refractivity contribution is 0.0919. The van der Waals surface area contributed by atoms with Gasteiger partial charge in [0.25, 0.3) is 5.91 Å². The number of nitrogen functional groups attached to an aromatic ring is 1. The summed E-state index contributed by atoms with van der Waals surface area (Å²) in [7, 11) is 0. The van der Waals surface area contributed by atoms with Crippen LogP contribution in [0.1, 0.15) is 60.9 Å². The van der Waals surface area contributed by atoms with Crippen LogP contribution in [0.3, 0.4) is 0 Å². The van der Waals surface area contributed by atoms with Gasteiger partial charge >= 0.3 is 0 Å². The number of hydrogen-bond donors (Lipinski definition) is 2. The van der Waals surface area contributed by atoms with Gasteiger partial charge in [-0.2, -0.15) is 0 Å². The summed E-state index contributed by atoms with van der Waals surface area (Å²) in [5.41, 5.74) is 8.21. The number of nitrogens with zero attached hydrogens (tertiary/aromatic N) is 3. The van der Waals surface area contributed by atoms with Gasteiger partial charge in [-0.1, -0.05) is 50.6 Å². The number of likely N-dealkylation sites (tertiary alicyclic amines) is 1. The van der Waals surface area contributed by atoms with Gasteiger partial charge in [0.1, 0.15) is 5.69 Å². The van der Waals surface area contributed by atoms with Crippen molar-refractivity contribution < 1.29 is 4.79 Å². The van der Waals surface area contributed by atoms with Crippen LogP contribution < -0.4 is 11.1 Å². The van der Waals surface area contributed by atoms with Crippen molar-refractivity contribution in [3.63, 3.8) is 0 Å². The third kappa shape index (κ3) is 5.52. The van der Waals surface area contributed by atoms with E-state index in [1.54, 1.807) is 6.07 Å². The summed E-state index contributed by atoms with van der Waals surface area (Å²) in [6.45, 7) is 6.90. The van der Waals surface area contributed by atoms with Crippen LogP contribution in [0.5, 0.6) is 0 Å². The number of carbonyl (C=O) groups is 1. The van der Waals surface area contributed by atoms with Gasteiger partial charge in [-0.3, -0.25) is 9.69 Å². The summed E-state index contributed by atoms with van der Waals surface area (Å²) in [6.07, 6.45) is 4.47. The minimum Gasteiger partial charge on any atom is -0.368 e. The van der Waals surface area contributed by atoms with Crippen molar-refractivity contribution in [2.24, 2.45) is 5.92 Å². The molecular formula is C22H31N5O. The van der Waals surface area contributed by atoms with Crippen molar-refractivity contribution in [3.8, 4) is 0 Å². The van der Waals surface area contributed by atoms with E-state index in [2.05, 4.69) is 58.3 Å². The Labute approximate surface area is 167 Å². The molecule has 1 atom stereocenters. The lowest BCUT2D eigenvalue weighted by atomic mass is 10.0. The third-order valence-corrected chi connectivity index (χ3v) is 5.12. The molecular weight excluding hydrogens is 350 g/mol. The number of aromatic nitrogens is 2. The average Bonchev–Trinajstić information content (AvgIpc) is 2.68. The number of rotatable bonds is 7. The Morgan fingerprint density at radius 2 is 1.86 bits per heavy atom. The summed E-state index contributed by atoms with van der Waals surface area (Å²) in [5.74, 6) is 0.391. The number of hydrogen-bond acceptors (Lipinski definition) is 5. The van der Waals surface area contributed by atoms with Crippen molar-refractivity contribution in [3.05, 3.63) is 53.3 Å². The van der Waals surface area contributed by atoms with Crippen molar-refractivity contribution in [1.82, 2.24) is 20.2 Å². The molecule has 2 heterocycles. The SMILES string of the molecule is CC(C)Cc1cc(C(=O)NCC(c2ccccc2)N2CCCCC2)nc(N)n1. The number of benzene rings is 1. The van der Waals surface area contributed by atoms with Crippen molar-refractivity contribution in [1.29, 1.82) is 0 Å². The van der Waals surface area contributed by atoms with Crippen LogP contribution in [0.4, 0.5) is 5.95 Å². The predicted octanol–water partition coefficient (Wildman–Crippen LogP) is 3.21. The van der Waals surface area contributed by atoms with Gasteiger partial charge in [0.2, 0.25) is 5.95 Å². The van der Waals surface area contributed by atoms with Crippen molar-refractivity contribution in [2.75, 3.05) is 25.4 Å². The number of nitrogens with one attached hydrogen (secondary N) is 1. The average molecular weight is 382 g/mol. The van der Waals surface area contributed by atoms with Crippen LogP contribution in [0.2, 0.25) is 0 Å². The Balaban J connectivity index is 1.72. The van der Waals surface area contributed by atoms with E-state index in [9.17, 15) is 4.79 Å². The molecule has 1 amide bonds. The Kier molecular flexibility index (Phi) is 6.98. The summed E-state index contributed by atoms with van der Waals surface area (Å²) >= 11 is 0. The maximum Gasteiger partial charge on any atom is 0.270 e. The minimum atomic E-state index is -0.197. The fourth-order valence-electron chi connectivity index (χ4n) is 3.80. The first-order valence-electron chi connectivity index (χ1n) is 10.2. The number of amides is 1. The van der Waals surface area contributed by atoms with E-state index < -0.39 is 0 Å². The second-order valence-corrected chi connectivity index (χ2v) is 7.93. The van der Waals surface area contributed by atoms with E-state index in [1.807, 2.05) is 6.07 Å². The van der Waals surface area contributed by atoms with Gasteiger partial charge in [0.15, 0.2) is 0 Å². The van der Waals surface area contributed by atoms with Crippen LogP contribution in [-0.4, -0.2) is 40.4 Å². The normalized spacial score (nSPS) is 16.1. The van der Waals surface area contributed by atoms with E-state index in [-0.39, 0.29) is 17.9 Å².